The molecule has 1 aliphatic rings. The number of hydrogen-bond acceptors (Lipinski definition) is 3. The Morgan fingerprint density at radius 2 is 2.05 bits per heavy atom. The first kappa shape index (κ1) is 13.6. The smallest absolute Gasteiger partial charge is 0.221 e. The molecule has 0 saturated carbocycles. The topological polar surface area (TPSA) is 49.4 Å². The predicted octanol–water partition coefficient (Wildman–Crippen LogP) is 0.969. The van der Waals surface area contributed by atoms with E-state index in [-0.39, 0.29) is 23.8 Å². The van der Waals surface area contributed by atoms with Gasteiger partial charge >= 0.3 is 0 Å². The maximum Gasteiger partial charge on any atom is 0.221 e. The summed E-state index contributed by atoms with van der Waals surface area (Å²) in [6, 6.07) is 3.11. The van der Waals surface area contributed by atoms with Crippen LogP contribution >= 0.6 is 0 Å². The van der Waals surface area contributed by atoms with Gasteiger partial charge in [0.1, 0.15) is 0 Å². The van der Waals surface area contributed by atoms with E-state index in [0.717, 1.165) is 12.1 Å². The van der Waals surface area contributed by atoms with Crippen molar-refractivity contribution in [1.29, 1.82) is 0 Å². The number of rotatable bonds is 3. The van der Waals surface area contributed by atoms with Crippen molar-refractivity contribution in [1.82, 2.24) is 10.2 Å². The van der Waals surface area contributed by atoms with E-state index in [1.54, 1.807) is 0 Å². The number of Topliss-reactive ketones (excluding diaryl/α,β-unsaturated/α-hetero) is 1. The molecule has 6 heteroatoms. The molecule has 0 bridgehead atoms. The number of halogens is 2. The Morgan fingerprint density at radius 1 is 1.26 bits per heavy atom. The van der Waals surface area contributed by atoms with E-state index in [9.17, 15) is 18.4 Å². The summed E-state index contributed by atoms with van der Waals surface area (Å²) >= 11 is 0. The van der Waals surface area contributed by atoms with Gasteiger partial charge in [-0.1, -0.05) is 0 Å². The Bertz CT molecular complexity index is 505. The van der Waals surface area contributed by atoms with Gasteiger partial charge in [-0.2, -0.15) is 0 Å². The molecule has 102 valence electrons. The van der Waals surface area contributed by atoms with Gasteiger partial charge in [0.15, 0.2) is 17.4 Å². The standard InChI is InChI=1S/C13H14F2N2O2/c14-10-2-1-9(7-11(10)15)12(18)8-17-5-3-13(19)16-4-6-17/h1-2,7H,3-6,8H2,(H,16,19). The van der Waals surface area contributed by atoms with Crippen molar-refractivity contribution < 1.29 is 18.4 Å². The molecular formula is C13H14F2N2O2. The van der Waals surface area contributed by atoms with Crippen molar-refractivity contribution in [2.45, 2.75) is 6.42 Å². The van der Waals surface area contributed by atoms with Gasteiger partial charge < -0.3 is 5.32 Å². The van der Waals surface area contributed by atoms with Crippen LogP contribution in [-0.4, -0.2) is 42.8 Å². The molecule has 0 spiro atoms. The van der Waals surface area contributed by atoms with Crippen molar-refractivity contribution in [3.63, 3.8) is 0 Å². The molecule has 0 atom stereocenters. The summed E-state index contributed by atoms with van der Waals surface area (Å²) in [5.74, 6) is -2.32. The van der Waals surface area contributed by atoms with Gasteiger partial charge in [-0.15, -0.1) is 0 Å². The number of carbonyl (C=O) groups excluding carboxylic acids is 2. The molecule has 1 N–H and O–H groups in total. The molecule has 0 aromatic heterocycles. The van der Waals surface area contributed by atoms with Crippen LogP contribution in [0.15, 0.2) is 18.2 Å². The number of amides is 1. The quantitative estimate of drug-likeness (QED) is 0.831. The van der Waals surface area contributed by atoms with Gasteiger partial charge in [-0.05, 0) is 18.2 Å². The number of nitrogens with one attached hydrogen (secondary N) is 1. The molecule has 4 nitrogen and oxygen atoms in total. The Morgan fingerprint density at radius 3 is 2.79 bits per heavy atom. The maximum absolute atomic E-state index is 13.0. The van der Waals surface area contributed by atoms with Gasteiger partial charge in [0.25, 0.3) is 0 Å². The lowest BCUT2D eigenvalue weighted by Gasteiger charge is -2.17. The summed E-state index contributed by atoms with van der Waals surface area (Å²) in [4.78, 5) is 24.9. The van der Waals surface area contributed by atoms with Crippen LogP contribution in [0.2, 0.25) is 0 Å². The van der Waals surface area contributed by atoms with Crippen LogP contribution < -0.4 is 5.32 Å². The van der Waals surface area contributed by atoms with Crippen LogP contribution in [0.3, 0.4) is 0 Å². The van der Waals surface area contributed by atoms with Gasteiger partial charge in [-0.25, -0.2) is 8.78 Å². The molecule has 1 saturated heterocycles. The molecule has 1 aromatic rings. The highest BCUT2D eigenvalue weighted by Gasteiger charge is 2.17. The SMILES string of the molecule is O=C1CCN(CC(=O)c2ccc(F)c(F)c2)CCN1. The fourth-order valence-corrected chi connectivity index (χ4v) is 1.94. The first-order valence-corrected chi connectivity index (χ1v) is 6.03. The third-order valence-corrected chi connectivity index (χ3v) is 3.01. The van der Waals surface area contributed by atoms with E-state index >= 15 is 0 Å². The third-order valence-electron chi connectivity index (χ3n) is 3.01. The maximum atomic E-state index is 13.0. The van der Waals surface area contributed by atoms with Crippen LogP contribution in [0.1, 0.15) is 16.8 Å². The summed E-state index contributed by atoms with van der Waals surface area (Å²) in [5.41, 5.74) is 0.141. The zero-order valence-corrected chi connectivity index (χ0v) is 10.3. The van der Waals surface area contributed by atoms with Crippen molar-refractivity contribution in [2.24, 2.45) is 0 Å². The lowest BCUT2D eigenvalue weighted by Crippen LogP contribution is -2.33. The summed E-state index contributed by atoms with van der Waals surface area (Å²) in [5, 5.41) is 2.70. The number of carbonyl (C=O) groups is 2. The van der Waals surface area contributed by atoms with E-state index in [4.69, 9.17) is 0 Å². The average molecular weight is 268 g/mol. The normalized spacial score (nSPS) is 16.8. The second-order valence-electron chi connectivity index (χ2n) is 4.43. The van der Waals surface area contributed by atoms with Crippen LogP contribution in [-0.2, 0) is 4.79 Å². The second-order valence-corrected chi connectivity index (χ2v) is 4.43. The Balaban J connectivity index is 2.00. The fourth-order valence-electron chi connectivity index (χ4n) is 1.94. The first-order valence-electron chi connectivity index (χ1n) is 6.03. The molecule has 1 amide bonds. The highest BCUT2D eigenvalue weighted by atomic mass is 19.2. The van der Waals surface area contributed by atoms with Gasteiger partial charge in [0.05, 0.1) is 6.54 Å². The lowest BCUT2D eigenvalue weighted by atomic mass is 10.1. The minimum atomic E-state index is -1.03. The molecular weight excluding hydrogens is 254 g/mol. The molecule has 0 unspecified atom stereocenters. The molecule has 0 radical (unpaired) electrons. The highest BCUT2D eigenvalue weighted by molar-refractivity contribution is 5.97. The zero-order valence-electron chi connectivity index (χ0n) is 10.3. The third kappa shape index (κ3) is 3.57. The highest BCUT2D eigenvalue weighted by Crippen LogP contribution is 2.10. The van der Waals surface area contributed by atoms with Crippen LogP contribution in [0.5, 0.6) is 0 Å². The molecule has 2 rings (SSSR count). The van der Waals surface area contributed by atoms with E-state index in [1.807, 2.05) is 4.90 Å². The van der Waals surface area contributed by atoms with Crippen molar-refractivity contribution in [3.05, 3.63) is 35.4 Å². The predicted molar refractivity (Wildman–Crippen MR) is 64.8 cm³/mol. The minimum absolute atomic E-state index is 0.0391. The van der Waals surface area contributed by atoms with E-state index < -0.39 is 11.6 Å². The zero-order chi connectivity index (χ0) is 13.8. The van der Waals surface area contributed by atoms with Crippen molar-refractivity contribution >= 4 is 11.7 Å². The van der Waals surface area contributed by atoms with Gasteiger partial charge in [0.2, 0.25) is 5.91 Å². The number of hydrogen-bond donors (Lipinski definition) is 1. The number of nitrogens with zero attached hydrogens (tertiary/aromatic N) is 1. The second kappa shape index (κ2) is 5.88. The van der Waals surface area contributed by atoms with Crippen LogP contribution in [0.25, 0.3) is 0 Å². The Labute approximate surface area is 109 Å². The van der Waals surface area contributed by atoms with Crippen LogP contribution in [0, 0.1) is 11.6 Å². The summed E-state index contributed by atoms with van der Waals surface area (Å²) in [7, 11) is 0. The van der Waals surface area contributed by atoms with Crippen LogP contribution in [0.4, 0.5) is 8.78 Å². The molecule has 1 aromatic carbocycles. The van der Waals surface area contributed by atoms with Gasteiger partial charge in [-0.3, -0.25) is 14.5 Å². The summed E-state index contributed by atoms with van der Waals surface area (Å²) in [6.07, 6.45) is 0.338. The van der Waals surface area contributed by atoms with Gasteiger partial charge in [0, 0.05) is 31.6 Å². The largest absolute Gasteiger partial charge is 0.355 e. The van der Waals surface area contributed by atoms with Crippen molar-refractivity contribution in [3.8, 4) is 0 Å². The Hall–Kier alpha value is -1.82. The molecule has 1 heterocycles. The molecule has 1 aliphatic heterocycles. The van der Waals surface area contributed by atoms with E-state index in [1.165, 1.54) is 6.07 Å². The van der Waals surface area contributed by atoms with E-state index in [2.05, 4.69) is 5.32 Å². The Kier molecular flexibility index (Phi) is 4.21. The summed E-state index contributed by atoms with van der Waals surface area (Å²) in [6.45, 7) is 1.65. The molecule has 19 heavy (non-hydrogen) atoms. The summed E-state index contributed by atoms with van der Waals surface area (Å²) < 4.78 is 25.8. The molecule has 0 aliphatic carbocycles. The monoisotopic (exact) mass is 268 g/mol. The number of benzene rings is 1. The number of ketones is 1. The average Bonchev–Trinajstić information content (AvgIpc) is 2.58. The first-order chi connectivity index (χ1) is 9.06. The van der Waals surface area contributed by atoms with E-state index in [0.29, 0.717) is 26.1 Å². The lowest BCUT2D eigenvalue weighted by molar-refractivity contribution is -0.120. The fraction of sp³-hybridized carbons (Fsp3) is 0.385. The minimum Gasteiger partial charge on any atom is -0.355 e. The molecule has 1 fully saturated rings. The van der Waals surface area contributed by atoms with Crippen molar-refractivity contribution in [2.75, 3.05) is 26.2 Å².